The monoisotopic (exact) mass is 270 g/mol. The number of hydrogen-bond acceptors (Lipinski definition) is 3. The standard InChI is InChI=1S/C13H22N2O2S/c1-11-5-3-6-12(9-11)18(17)10-13(16)15(2)8-4-7-14/h11-12H,3-6,8-10H2,1-2H3. The van der Waals surface area contributed by atoms with Crippen molar-refractivity contribution in [3.63, 3.8) is 0 Å². The number of rotatable bonds is 5. The summed E-state index contributed by atoms with van der Waals surface area (Å²) in [5, 5.41) is 8.65. The van der Waals surface area contributed by atoms with E-state index in [0.717, 1.165) is 19.3 Å². The third kappa shape index (κ3) is 4.77. The van der Waals surface area contributed by atoms with Gasteiger partial charge < -0.3 is 4.90 Å². The summed E-state index contributed by atoms with van der Waals surface area (Å²) in [6.07, 6.45) is 4.61. The van der Waals surface area contributed by atoms with Gasteiger partial charge in [-0.3, -0.25) is 9.00 Å². The van der Waals surface area contributed by atoms with Gasteiger partial charge in [-0.05, 0) is 18.8 Å². The predicted octanol–water partition coefficient (Wildman–Crippen LogP) is 1.69. The molecule has 102 valence electrons. The van der Waals surface area contributed by atoms with Gasteiger partial charge in [0.15, 0.2) is 0 Å². The molecule has 0 aromatic heterocycles. The second-order valence-electron chi connectivity index (χ2n) is 5.14. The summed E-state index contributed by atoms with van der Waals surface area (Å²) in [4.78, 5) is 13.3. The summed E-state index contributed by atoms with van der Waals surface area (Å²) < 4.78 is 12.1. The van der Waals surface area contributed by atoms with Crippen molar-refractivity contribution < 1.29 is 9.00 Å². The summed E-state index contributed by atoms with van der Waals surface area (Å²) in [7, 11) is 0.610. The lowest BCUT2D eigenvalue weighted by Crippen LogP contribution is -2.35. The van der Waals surface area contributed by atoms with Crippen LogP contribution in [0.25, 0.3) is 0 Å². The van der Waals surface area contributed by atoms with Crippen molar-refractivity contribution in [2.24, 2.45) is 5.92 Å². The number of carbonyl (C=O) groups excluding carboxylic acids is 1. The van der Waals surface area contributed by atoms with Crippen LogP contribution < -0.4 is 0 Å². The summed E-state index contributed by atoms with van der Waals surface area (Å²) in [5.74, 6) is 0.625. The van der Waals surface area contributed by atoms with Crippen LogP contribution in [0.4, 0.5) is 0 Å². The van der Waals surface area contributed by atoms with Gasteiger partial charge >= 0.3 is 0 Å². The van der Waals surface area contributed by atoms with E-state index in [-0.39, 0.29) is 16.9 Å². The van der Waals surface area contributed by atoms with E-state index < -0.39 is 10.8 Å². The molecule has 1 amide bonds. The smallest absolute Gasteiger partial charge is 0.234 e. The van der Waals surface area contributed by atoms with E-state index in [1.807, 2.05) is 6.07 Å². The first kappa shape index (κ1) is 15.2. The minimum absolute atomic E-state index is 0.109. The van der Waals surface area contributed by atoms with E-state index in [4.69, 9.17) is 5.26 Å². The van der Waals surface area contributed by atoms with Crippen LogP contribution in [0.1, 0.15) is 39.0 Å². The van der Waals surface area contributed by atoms with Crippen molar-refractivity contribution in [1.29, 1.82) is 5.26 Å². The molecule has 0 saturated heterocycles. The first-order valence-corrected chi connectivity index (χ1v) is 7.91. The Kier molecular flexibility index (Phi) is 6.34. The van der Waals surface area contributed by atoms with Crippen molar-refractivity contribution in [2.75, 3.05) is 19.3 Å². The molecule has 1 aliphatic rings. The fourth-order valence-corrected chi connectivity index (χ4v) is 3.98. The molecular weight excluding hydrogens is 248 g/mol. The molecular formula is C13H22N2O2S. The summed E-state index contributed by atoms with van der Waals surface area (Å²) in [6.45, 7) is 2.61. The molecule has 0 aromatic carbocycles. The van der Waals surface area contributed by atoms with E-state index in [9.17, 15) is 9.00 Å². The third-order valence-electron chi connectivity index (χ3n) is 3.51. The lowest BCUT2D eigenvalue weighted by Gasteiger charge is -2.26. The molecule has 5 heteroatoms. The molecule has 0 aliphatic heterocycles. The van der Waals surface area contributed by atoms with Crippen molar-refractivity contribution in [3.8, 4) is 6.07 Å². The molecule has 3 atom stereocenters. The van der Waals surface area contributed by atoms with Crippen molar-refractivity contribution in [2.45, 2.75) is 44.3 Å². The predicted molar refractivity (Wildman–Crippen MR) is 72.3 cm³/mol. The van der Waals surface area contributed by atoms with Crippen LogP contribution in [0.2, 0.25) is 0 Å². The maximum Gasteiger partial charge on any atom is 0.234 e. The van der Waals surface area contributed by atoms with E-state index in [2.05, 4.69) is 6.92 Å². The zero-order valence-electron chi connectivity index (χ0n) is 11.2. The molecule has 0 bridgehead atoms. The normalized spacial score (nSPS) is 25.2. The summed E-state index contributed by atoms with van der Waals surface area (Å²) in [5.41, 5.74) is 0. The first-order valence-electron chi connectivity index (χ1n) is 6.52. The third-order valence-corrected chi connectivity index (χ3v) is 5.21. The molecule has 4 nitrogen and oxygen atoms in total. The van der Waals surface area contributed by atoms with Crippen molar-refractivity contribution in [1.82, 2.24) is 4.90 Å². The lowest BCUT2D eigenvalue weighted by molar-refractivity contribution is -0.127. The van der Waals surface area contributed by atoms with Gasteiger partial charge in [-0.25, -0.2) is 0 Å². The van der Waals surface area contributed by atoms with Gasteiger partial charge in [0.05, 0.1) is 12.5 Å². The Morgan fingerprint density at radius 2 is 2.22 bits per heavy atom. The van der Waals surface area contributed by atoms with E-state index in [1.165, 1.54) is 11.3 Å². The highest BCUT2D eigenvalue weighted by Crippen LogP contribution is 2.27. The lowest BCUT2D eigenvalue weighted by atomic mass is 9.91. The van der Waals surface area contributed by atoms with Gasteiger partial charge in [0.1, 0.15) is 5.75 Å². The second-order valence-corrected chi connectivity index (χ2v) is 6.86. The van der Waals surface area contributed by atoms with Gasteiger partial charge in [0, 0.05) is 29.6 Å². The molecule has 1 fully saturated rings. The molecule has 18 heavy (non-hydrogen) atoms. The van der Waals surface area contributed by atoms with Crippen LogP contribution in [0.15, 0.2) is 0 Å². The fourth-order valence-electron chi connectivity index (χ4n) is 2.31. The number of amides is 1. The van der Waals surface area contributed by atoms with Gasteiger partial charge in [-0.15, -0.1) is 0 Å². The highest BCUT2D eigenvalue weighted by atomic mass is 32.2. The first-order chi connectivity index (χ1) is 8.54. The summed E-state index contributed by atoms with van der Waals surface area (Å²) >= 11 is 0. The van der Waals surface area contributed by atoms with Gasteiger partial charge in [-0.1, -0.05) is 19.8 Å². The maximum absolute atomic E-state index is 12.1. The van der Waals surface area contributed by atoms with Gasteiger partial charge in [-0.2, -0.15) is 5.26 Å². The average molecular weight is 270 g/mol. The van der Waals surface area contributed by atoms with Crippen LogP contribution in [0, 0.1) is 17.2 Å². The minimum atomic E-state index is -1.06. The summed E-state index contributed by atoms with van der Waals surface area (Å²) in [6, 6.07) is 2.01. The Hall–Kier alpha value is -0.890. The SMILES string of the molecule is CC1CCCC(S(=O)CC(=O)N(C)CCC#N)C1. The number of hydrogen-bond donors (Lipinski definition) is 0. The van der Waals surface area contributed by atoms with Crippen LogP contribution in [-0.2, 0) is 15.6 Å². The Bertz CT molecular complexity index is 351. The van der Waals surface area contributed by atoms with Gasteiger partial charge in [0.25, 0.3) is 0 Å². The number of carbonyl (C=O) groups is 1. The molecule has 0 spiro atoms. The Balaban J connectivity index is 2.39. The van der Waals surface area contributed by atoms with Crippen LogP contribution >= 0.6 is 0 Å². The fraction of sp³-hybridized carbons (Fsp3) is 0.846. The molecule has 3 unspecified atom stereocenters. The van der Waals surface area contributed by atoms with E-state index in [0.29, 0.717) is 18.9 Å². The highest BCUT2D eigenvalue weighted by molar-refractivity contribution is 7.86. The average Bonchev–Trinajstić information content (AvgIpc) is 2.35. The van der Waals surface area contributed by atoms with Gasteiger partial charge in [0.2, 0.25) is 5.91 Å². The molecule has 0 heterocycles. The van der Waals surface area contributed by atoms with Crippen molar-refractivity contribution >= 4 is 16.7 Å². The highest BCUT2D eigenvalue weighted by Gasteiger charge is 2.25. The topological polar surface area (TPSA) is 61.2 Å². The Morgan fingerprint density at radius 3 is 2.83 bits per heavy atom. The molecule has 0 aromatic rings. The Morgan fingerprint density at radius 1 is 1.50 bits per heavy atom. The van der Waals surface area contributed by atoms with Crippen LogP contribution in [0.5, 0.6) is 0 Å². The van der Waals surface area contributed by atoms with E-state index >= 15 is 0 Å². The molecule has 0 N–H and O–H groups in total. The largest absolute Gasteiger partial charge is 0.344 e. The zero-order valence-corrected chi connectivity index (χ0v) is 12.0. The second kappa shape index (κ2) is 7.52. The number of nitriles is 1. The Labute approximate surface area is 112 Å². The molecule has 1 aliphatic carbocycles. The quantitative estimate of drug-likeness (QED) is 0.763. The zero-order chi connectivity index (χ0) is 13.5. The van der Waals surface area contributed by atoms with Crippen LogP contribution in [-0.4, -0.2) is 39.6 Å². The minimum Gasteiger partial charge on any atom is -0.344 e. The molecule has 0 radical (unpaired) electrons. The molecule has 1 rings (SSSR count). The molecule has 1 saturated carbocycles. The number of nitrogens with zero attached hydrogens (tertiary/aromatic N) is 2. The van der Waals surface area contributed by atoms with Crippen molar-refractivity contribution in [3.05, 3.63) is 0 Å². The van der Waals surface area contributed by atoms with E-state index in [1.54, 1.807) is 7.05 Å². The van der Waals surface area contributed by atoms with Crippen LogP contribution in [0.3, 0.4) is 0 Å². The maximum atomic E-state index is 12.1.